The summed E-state index contributed by atoms with van der Waals surface area (Å²) in [6.07, 6.45) is 0.442. The summed E-state index contributed by atoms with van der Waals surface area (Å²) in [6, 6.07) is 1.24. The third-order valence-corrected chi connectivity index (χ3v) is 3.84. The van der Waals surface area contributed by atoms with Crippen molar-refractivity contribution in [3.05, 3.63) is 35.1 Å². The number of carbonyl (C=O) groups is 1. The molecule has 0 saturated carbocycles. The molecule has 0 aliphatic rings. The molecule has 2 nitrogen and oxygen atoms in total. The molecule has 106 valence electrons. The van der Waals surface area contributed by atoms with Gasteiger partial charge in [0, 0.05) is 17.3 Å². The van der Waals surface area contributed by atoms with Gasteiger partial charge in [-0.2, -0.15) is 0 Å². The molecule has 1 rings (SSSR count). The average molecular weight is 314 g/mol. The lowest BCUT2D eigenvalue weighted by molar-refractivity contribution is 0.0912. The summed E-state index contributed by atoms with van der Waals surface area (Å²) in [6.45, 7) is 1.76. The third-order valence-electron chi connectivity index (χ3n) is 2.81. The lowest BCUT2D eigenvalue weighted by Gasteiger charge is -2.29. The zero-order valence-electron chi connectivity index (χ0n) is 10.1. The largest absolute Gasteiger partial charge is 0.344 e. The SMILES string of the molecule is CCC(CCl)(CCl)NC(=O)c1cc(F)c(F)c(F)c1. The minimum absolute atomic E-state index is 0.0465. The summed E-state index contributed by atoms with van der Waals surface area (Å²) in [5.41, 5.74) is -1.20. The van der Waals surface area contributed by atoms with E-state index in [-0.39, 0.29) is 17.3 Å². The van der Waals surface area contributed by atoms with Gasteiger partial charge in [-0.25, -0.2) is 13.2 Å². The van der Waals surface area contributed by atoms with Crippen LogP contribution < -0.4 is 5.32 Å². The molecule has 0 saturated heterocycles. The van der Waals surface area contributed by atoms with Crippen LogP contribution in [0.15, 0.2) is 12.1 Å². The van der Waals surface area contributed by atoms with E-state index in [0.29, 0.717) is 18.6 Å². The van der Waals surface area contributed by atoms with E-state index in [0.717, 1.165) is 0 Å². The topological polar surface area (TPSA) is 29.1 Å². The van der Waals surface area contributed by atoms with Crippen LogP contribution in [-0.2, 0) is 0 Å². The van der Waals surface area contributed by atoms with Crippen LogP contribution in [0.2, 0.25) is 0 Å². The summed E-state index contributed by atoms with van der Waals surface area (Å²) < 4.78 is 38.9. The van der Waals surface area contributed by atoms with E-state index in [4.69, 9.17) is 23.2 Å². The van der Waals surface area contributed by atoms with Crippen molar-refractivity contribution in [3.63, 3.8) is 0 Å². The summed E-state index contributed by atoms with van der Waals surface area (Å²) in [7, 11) is 0. The van der Waals surface area contributed by atoms with Gasteiger partial charge >= 0.3 is 0 Å². The number of nitrogens with one attached hydrogen (secondary N) is 1. The van der Waals surface area contributed by atoms with Gasteiger partial charge in [-0.05, 0) is 18.6 Å². The second-order valence-electron chi connectivity index (χ2n) is 4.11. The predicted octanol–water partition coefficient (Wildman–Crippen LogP) is 3.46. The van der Waals surface area contributed by atoms with Gasteiger partial charge in [0.25, 0.3) is 5.91 Å². The Labute approximate surface area is 118 Å². The van der Waals surface area contributed by atoms with Crippen LogP contribution in [0.5, 0.6) is 0 Å². The first-order valence-electron chi connectivity index (χ1n) is 5.48. The van der Waals surface area contributed by atoms with Gasteiger partial charge in [0.15, 0.2) is 17.5 Å². The molecule has 0 radical (unpaired) electrons. The highest BCUT2D eigenvalue weighted by Gasteiger charge is 2.29. The average Bonchev–Trinajstić information content (AvgIpc) is 2.41. The molecule has 1 aromatic rings. The molecule has 1 N–H and O–H groups in total. The first-order valence-corrected chi connectivity index (χ1v) is 6.55. The summed E-state index contributed by atoms with van der Waals surface area (Å²) in [4.78, 5) is 11.9. The van der Waals surface area contributed by atoms with Crippen LogP contribution in [0, 0.1) is 17.5 Å². The normalized spacial score (nSPS) is 11.5. The van der Waals surface area contributed by atoms with E-state index in [2.05, 4.69) is 5.32 Å². The minimum atomic E-state index is -1.62. The second kappa shape index (κ2) is 6.48. The Balaban J connectivity index is 3.01. The fourth-order valence-corrected chi connectivity index (χ4v) is 2.18. The molecule has 0 aliphatic heterocycles. The Kier molecular flexibility index (Phi) is 5.50. The molecular weight excluding hydrogens is 302 g/mol. The Morgan fingerprint density at radius 1 is 1.21 bits per heavy atom. The molecule has 0 atom stereocenters. The number of rotatable bonds is 5. The van der Waals surface area contributed by atoms with Crippen molar-refractivity contribution in [1.82, 2.24) is 5.32 Å². The number of carbonyl (C=O) groups excluding carboxylic acids is 1. The maximum Gasteiger partial charge on any atom is 0.252 e. The van der Waals surface area contributed by atoms with Gasteiger partial charge in [0.1, 0.15) is 0 Å². The molecule has 0 spiro atoms. The van der Waals surface area contributed by atoms with E-state index in [1.807, 2.05) is 0 Å². The molecule has 0 aliphatic carbocycles. The van der Waals surface area contributed by atoms with E-state index in [9.17, 15) is 18.0 Å². The van der Waals surface area contributed by atoms with Gasteiger partial charge < -0.3 is 5.32 Å². The van der Waals surface area contributed by atoms with Gasteiger partial charge in [-0.1, -0.05) is 6.92 Å². The van der Waals surface area contributed by atoms with Crippen molar-refractivity contribution >= 4 is 29.1 Å². The van der Waals surface area contributed by atoms with Crippen molar-refractivity contribution in [2.75, 3.05) is 11.8 Å². The molecule has 1 amide bonds. The lowest BCUT2D eigenvalue weighted by atomic mass is 10.0. The molecule has 0 aromatic heterocycles. The van der Waals surface area contributed by atoms with E-state index in [1.165, 1.54) is 0 Å². The van der Waals surface area contributed by atoms with Crippen LogP contribution in [0.4, 0.5) is 13.2 Å². The molecule has 0 heterocycles. The Morgan fingerprint density at radius 3 is 2.05 bits per heavy atom. The van der Waals surface area contributed by atoms with Crippen LogP contribution in [0.25, 0.3) is 0 Å². The number of amides is 1. The van der Waals surface area contributed by atoms with Crippen molar-refractivity contribution in [2.45, 2.75) is 18.9 Å². The maximum atomic E-state index is 13.0. The maximum absolute atomic E-state index is 13.0. The zero-order valence-corrected chi connectivity index (χ0v) is 11.6. The molecule has 0 unspecified atom stereocenters. The van der Waals surface area contributed by atoms with Crippen molar-refractivity contribution in [2.24, 2.45) is 0 Å². The predicted molar refractivity (Wildman–Crippen MR) is 68.2 cm³/mol. The minimum Gasteiger partial charge on any atom is -0.344 e. The van der Waals surface area contributed by atoms with Gasteiger partial charge in [0.05, 0.1) is 5.54 Å². The Hall–Kier alpha value is -0.940. The summed E-state index contributed by atoms with van der Waals surface area (Å²) in [5, 5.41) is 2.51. The van der Waals surface area contributed by atoms with E-state index < -0.39 is 28.9 Å². The standard InChI is InChI=1S/C12H12Cl2F3NO/c1-2-12(5-13,6-14)18-11(19)7-3-8(15)10(17)9(16)4-7/h3-4H,2,5-6H2,1H3,(H,18,19). The number of hydrogen-bond donors (Lipinski definition) is 1. The monoisotopic (exact) mass is 313 g/mol. The highest BCUT2D eigenvalue weighted by Crippen LogP contribution is 2.18. The van der Waals surface area contributed by atoms with Crippen LogP contribution in [0.3, 0.4) is 0 Å². The second-order valence-corrected chi connectivity index (χ2v) is 4.64. The smallest absolute Gasteiger partial charge is 0.252 e. The molecular formula is C12H12Cl2F3NO. The highest BCUT2D eigenvalue weighted by atomic mass is 35.5. The van der Waals surface area contributed by atoms with Gasteiger partial charge in [-0.15, -0.1) is 23.2 Å². The van der Waals surface area contributed by atoms with Crippen LogP contribution in [0.1, 0.15) is 23.7 Å². The summed E-state index contributed by atoms with van der Waals surface area (Å²) in [5.74, 6) is -5.14. The number of hydrogen-bond acceptors (Lipinski definition) is 1. The molecule has 7 heteroatoms. The van der Waals surface area contributed by atoms with Crippen molar-refractivity contribution < 1.29 is 18.0 Å². The van der Waals surface area contributed by atoms with Crippen LogP contribution >= 0.6 is 23.2 Å². The number of halogens is 5. The molecule has 19 heavy (non-hydrogen) atoms. The molecule has 0 bridgehead atoms. The lowest BCUT2D eigenvalue weighted by Crippen LogP contribution is -2.51. The number of benzene rings is 1. The first-order chi connectivity index (χ1) is 8.89. The van der Waals surface area contributed by atoms with Crippen LogP contribution in [-0.4, -0.2) is 23.2 Å². The Bertz CT molecular complexity index is 447. The molecule has 0 fully saturated rings. The Morgan fingerprint density at radius 2 is 1.68 bits per heavy atom. The number of alkyl halides is 2. The van der Waals surface area contributed by atoms with Gasteiger partial charge in [0.2, 0.25) is 0 Å². The quantitative estimate of drug-likeness (QED) is 0.654. The van der Waals surface area contributed by atoms with E-state index in [1.54, 1.807) is 6.92 Å². The van der Waals surface area contributed by atoms with Gasteiger partial charge in [-0.3, -0.25) is 4.79 Å². The van der Waals surface area contributed by atoms with Crippen molar-refractivity contribution in [3.8, 4) is 0 Å². The fraction of sp³-hybridized carbons (Fsp3) is 0.417. The highest BCUT2D eigenvalue weighted by molar-refractivity contribution is 6.22. The molecule has 1 aromatic carbocycles. The van der Waals surface area contributed by atoms with E-state index >= 15 is 0 Å². The van der Waals surface area contributed by atoms with Crippen molar-refractivity contribution in [1.29, 1.82) is 0 Å². The third kappa shape index (κ3) is 3.54. The first kappa shape index (κ1) is 16.1. The zero-order chi connectivity index (χ0) is 14.6. The summed E-state index contributed by atoms with van der Waals surface area (Å²) >= 11 is 11.5. The fourth-order valence-electron chi connectivity index (χ4n) is 1.38.